The maximum atomic E-state index is 11.7. The first kappa shape index (κ1) is 8.16. The lowest BCUT2D eigenvalue weighted by Crippen LogP contribution is -1.97. The maximum absolute atomic E-state index is 11.7. The fourth-order valence-corrected chi connectivity index (χ4v) is 0.362. The second-order valence-electron chi connectivity index (χ2n) is 0.751. The first-order chi connectivity index (χ1) is 3.72. The van der Waals surface area contributed by atoms with E-state index in [4.69, 9.17) is 0 Å². The van der Waals surface area contributed by atoms with Crippen molar-refractivity contribution in [2.45, 2.75) is 0 Å². The normalized spacial score (nSPS) is 14.5. The molecule has 0 N–H and O–H groups in total. The molecule has 0 aliphatic heterocycles. The van der Waals surface area contributed by atoms with E-state index in [1.54, 1.807) is 0 Å². The average molecular weight is 250 g/mol. The quantitative estimate of drug-likeness (QED) is 0.638. The van der Waals surface area contributed by atoms with E-state index in [0.717, 1.165) is 0 Å². The van der Waals surface area contributed by atoms with Gasteiger partial charge in [0.1, 0.15) is 0 Å². The fourth-order valence-electron chi connectivity index (χ4n) is 0.0697. The van der Waals surface area contributed by atoms with Gasteiger partial charge in [0.15, 0.2) is 0 Å². The Labute approximate surface area is 61.4 Å². The van der Waals surface area contributed by atoms with Crippen molar-refractivity contribution in [3.63, 3.8) is 0 Å². The highest BCUT2D eigenvalue weighted by Crippen LogP contribution is 1.96. The molecule has 0 fully saturated rings. The minimum atomic E-state index is -1.29. The summed E-state index contributed by atoms with van der Waals surface area (Å²) in [5.74, 6) is -2.58. The van der Waals surface area contributed by atoms with Crippen LogP contribution in [0.2, 0.25) is 0 Å². The van der Waals surface area contributed by atoms with Crippen LogP contribution in [0.3, 0.4) is 0 Å². The van der Waals surface area contributed by atoms with Gasteiger partial charge in [0.25, 0.3) is 11.9 Å². The lowest BCUT2D eigenvalue weighted by molar-refractivity contribution is 0.765. The molecule has 0 heterocycles. The van der Waals surface area contributed by atoms with Gasteiger partial charge in [-0.2, -0.15) is 16.8 Å². The van der Waals surface area contributed by atoms with Gasteiger partial charge in [0, 0.05) is 0 Å². The molecule has 0 aromatic rings. The summed E-state index contributed by atoms with van der Waals surface area (Å²) in [4.78, 5) is 0. The van der Waals surface area contributed by atoms with E-state index >= 15 is 0 Å². The molecular weight excluding hydrogens is 250 g/mol. The minimum Gasteiger partial charge on any atom is -0.179 e. The first-order valence-electron chi connectivity index (χ1n) is 1.41. The number of nitrogens with zero attached hydrogens (tertiary/aromatic N) is 2. The molecule has 6 heteroatoms. The van der Waals surface area contributed by atoms with Gasteiger partial charge in [-0.1, -0.05) is 0 Å². The van der Waals surface area contributed by atoms with E-state index in [9.17, 15) is 8.78 Å². The smallest absolute Gasteiger partial charge is 0.179 e. The molecule has 0 aliphatic rings. The van der Waals surface area contributed by atoms with Gasteiger partial charge < -0.3 is 0 Å². The van der Waals surface area contributed by atoms with Gasteiger partial charge in [-0.3, -0.25) is 0 Å². The van der Waals surface area contributed by atoms with E-state index in [2.05, 4.69) is 40.3 Å². The number of rotatable bonds is 1. The van der Waals surface area contributed by atoms with Gasteiger partial charge >= 0.3 is 0 Å². The molecular formula is C2Br2F2N2. The van der Waals surface area contributed by atoms with Crippen molar-refractivity contribution in [2.24, 2.45) is 8.04 Å². The third-order valence-corrected chi connectivity index (χ3v) is 0.941. The number of hydrogen-bond acceptors (Lipinski definition) is 2. The largest absolute Gasteiger partial charge is 0.275 e. The third-order valence-electron chi connectivity index (χ3n) is 0.319. The van der Waals surface area contributed by atoms with Crippen LogP contribution in [0, 0.1) is 0 Å². The lowest BCUT2D eigenvalue weighted by Gasteiger charge is -1.80. The molecule has 0 rings (SSSR count). The zero-order valence-electron chi connectivity index (χ0n) is 3.41. The SMILES string of the molecule is FC(=N\Br)/C(F)=N\Br. The Bertz CT molecular complexity index is 116. The molecule has 0 atom stereocenters. The number of hydrogen-bond donors (Lipinski definition) is 0. The fraction of sp³-hybridized carbons (Fsp3) is 0. The summed E-state index contributed by atoms with van der Waals surface area (Å²) in [6.07, 6.45) is 0. The van der Waals surface area contributed by atoms with E-state index in [1.807, 2.05) is 0 Å². The Morgan fingerprint density at radius 3 is 1.38 bits per heavy atom. The Hall–Kier alpha value is 0.160. The van der Waals surface area contributed by atoms with Crippen LogP contribution in [0.5, 0.6) is 0 Å². The molecule has 0 spiro atoms. The highest BCUT2D eigenvalue weighted by molar-refractivity contribution is 9.08. The Kier molecular flexibility index (Phi) is 4.16. The first-order valence-corrected chi connectivity index (χ1v) is 2.83. The highest BCUT2D eigenvalue weighted by atomic mass is 79.9. The molecule has 0 aliphatic carbocycles. The molecule has 0 bridgehead atoms. The van der Waals surface area contributed by atoms with Crippen LogP contribution in [0.15, 0.2) is 8.04 Å². The Morgan fingerprint density at radius 2 is 1.25 bits per heavy atom. The second kappa shape index (κ2) is 4.08. The molecule has 0 unspecified atom stereocenters. The van der Waals surface area contributed by atoms with Crippen LogP contribution in [-0.2, 0) is 0 Å². The average Bonchev–Trinajstić information content (AvgIpc) is 1.84. The molecule has 0 saturated heterocycles. The monoisotopic (exact) mass is 248 g/mol. The molecule has 0 saturated carbocycles. The zero-order valence-corrected chi connectivity index (χ0v) is 6.58. The molecule has 0 aromatic carbocycles. The van der Waals surface area contributed by atoms with E-state index < -0.39 is 11.9 Å². The predicted molar refractivity (Wildman–Crippen MR) is 34.9 cm³/mol. The summed E-state index contributed by atoms with van der Waals surface area (Å²) in [7, 11) is 0. The second-order valence-corrected chi connectivity index (χ2v) is 1.46. The van der Waals surface area contributed by atoms with Crippen molar-refractivity contribution >= 4 is 44.2 Å². The molecule has 0 amide bonds. The minimum absolute atomic E-state index is 1.29. The third kappa shape index (κ3) is 2.46. The van der Waals surface area contributed by atoms with Crippen LogP contribution >= 0.6 is 32.3 Å². The topological polar surface area (TPSA) is 24.7 Å². The van der Waals surface area contributed by atoms with Gasteiger partial charge in [0.2, 0.25) is 0 Å². The van der Waals surface area contributed by atoms with Gasteiger partial charge in [0.05, 0.1) is 32.3 Å². The molecule has 8 heavy (non-hydrogen) atoms. The van der Waals surface area contributed by atoms with E-state index in [-0.39, 0.29) is 0 Å². The van der Waals surface area contributed by atoms with Crippen LogP contribution < -0.4 is 0 Å². The van der Waals surface area contributed by atoms with Crippen molar-refractivity contribution < 1.29 is 8.78 Å². The lowest BCUT2D eigenvalue weighted by atomic mass is 10.7. The van der Waals surface area contributed by atoms with Crippen LogP contribution in [0.25, 0.3) is 0 Å². The highest BCUT2D eigenvalue weighted by Gasteiger charge is 2.03. The van der Waals surface area contributed by atoms with E-state index in [1.165, 1.54) is 0 Å². The van der Waals surface area contributed by atoms with Crippen molar-refractivity contribution in [2.75, 3.05) is 0 Å². The predicted octanol–water partition coefficient (Wildman–Crippen LogP) is 2.34. The summed E-state index contributed by atoms with van der Waals surface area (Å²) in [5.41, 5.74) is 0. The number of halogens is 4. The van der Waals surface area contributed by atoms with Crippen LogP contribution in [-0.4, -0.2) is 11.9 Å². The van der Waals surface area contributed by atoms with Crippen molar-refractivity contribution in [1.82, 2.24) is 0 Å². The molecule has 2 nitrogen and oxygen atoms in total. The standard InChI is InChI=1S/C2Br2F2N2/c3-7-1(5)2(6)8-4/b7-1-,8-2+. The van der Waals surface area contributed by atoms with Gasteiger partial charge in [-0.25, -0.2) is 0 Å². The van der Waals surface area contributed by atoms with Crippen molar-refractivity contribution in [3.8, 4) is 0 Å². The van der Waals surface area contributed by atoms with Crippen LogP contribution in [0.1, 0.15) is 0 Å². The summed E-state index contributed by atoms with van der Waals surface area (Å²) >= 11 is 4.65. The van der Waals surface area contributed by atoms with Gasteiger partial charge in [-0.15, -0.1) is 0 Å². The maximum Gasteiger partial charge on any atom is 0.275 e. The van der Waals surface area contributed by atoms with Crippen molar-refractivity contribution in [3.05, 3.63) is 0 Å². The van der Waals surface area contributed by atoms with Crippen LogP contribution in [0.4, 0.5) is 8.78 Å². The Balaban J connectivity index is 4.04. The van der Waals surface area contributed by atoms with Gasteiger partial charge in [-0.05, 0) is 0 Å². The summed E-state index contributed by atoms with van der Waals surface area (Å²) in [6, 6.07) is 0. The summed E-state index contributed by atoms with van der Waals surface area (Å²) in [6.45, 7) is 0. The molecule has 0 aromatic heterocycles. The molecule has 46 valence electrons. The summed E-state index contributed by atoms with van der Waals surface area (Å²) in [5, 5.41) is 0. The van der Waals surface area contributed by atoms with E-state index in [0.29, 0.717) is 0 Å². The van der Waals surface area contributed by atoms with Crippen molar-refractivity contribution in [1.29, 1.82) is 0 Å². The molecule has 0 radical (unpaired) electrons. The summed E-state index contributed by atoms with van der Waals surface area (Å²) < 4.78 is 28.8. The zero-order chi connectivity index (χ0) is 6.57. The Morgan fingerprint density at radius 1 is 1.00 bits per heavy atom.